The van der Waals surface area contributed by atoms with Crippen LogP contribution in [0.3, 0.4) is 0 Å². The summed E-state index contributed by atoms with van der Waals surface area (Å²) >= 11 is 0. The van der Waals surface area contributed by atoms with Gasteiger partial charge in [0.25, 0.3) is 0 Å². The average Bonchev–Trinajstić information content (AvgIpc) is 2.89. The average molecular weight is 240 g/mol. The Balaban J connectivity index is 1.81. The largest absolute Gasteiger partial charge is 0.381 e. The molecule has 2 saturated heterocycles. The van der Waals surface area contributed by atoms with E-state index in [1.54, 1.807) is 0 Å². The highest BCUT2D eigenvalue weighted by Crippen LogP contribution is 2.19. The van der Waals surface area contributed by atoms with E-state index in [0.29, 0.717) is 11.8 Å². The van der Waals surface area contributed by atoms with Crippen molar-refractivity contribution in [3.05, 3.63) is 0 Å². The molecule has 2 atom stereocenters. The van der Waals surface area contributed by atoms with Gasteiger partial charge in [0, 0.05) is 19.7 Å². The van der Waals surface area contributed by atoms with E-state index in [-0.39, 0.29) is 6.04 Å². The Morgan fingerprint density at radius 1 is 1.41 bits per heavy atom. The van der Waals surface area contributed by atoms with Crippen LogP contribution in [0, 0.1) is 5.92 Å². The molecule has 4 nitrogen and oxygen atoms in total. The summed E-state index contributed by atoms with van der Waals surface area (Å²) in [5.74, 6) is 0.845. The van der Waals surface area contributed by atoms with Crippen LogP contribution in [0.25, 0.3) is 0 Å². The van der Waals surface area contributed by atoms with Crippen LogP contribution >= 0.6 is 0 Å². The molecular weight excluding hydrogens is 216 g/mol. The Kier molecular flexibility index (Phi) is 4.80. The first kappa shape index (κ1) is 12.8. The van der Waals surface area contributed by atoms with Crippen molar-refractivity contribution in [3.63, 3.8) is 0 Å². The number of piperidine rings is 1. The van der Waals surface area contributed by atoms with Crippen LogP contribution in [-0.4, -0.2) is 49.7 Å². The molecule has 0 aromatic carbocycles. The van der Waals surface area contributed by atoms with Crippen molar-refractivity contribution in [2.45, 2.75) is 38.6 Å². The minimum atomic E-state index is 0.0841. The summed E-state index contributed by atoms with van der Waals surface area (Å²) in [5, 5.41) is 3.29. The van der Waals surface area contributed by atoms with Crippen molar-refractivity contribution in [3.8, 4) is 0 Å². The van der Waals surface area contributed by atoms with Gasteiger partial charge in [-0.25, -0.2) is 0 Å². The molecule has 2 rings (SSSR count). The maximum Gasteiger partial charge on any atom is 0.239 e. The van der Waals surface area contributed by atoms with Gasteiger partial charge in [-0.2, -0.15) is 0 Å². The third kappa shape index (κ3) is 3.42. The van der Waals surface area contributed by atoms with Gasteiger partial charge >= 0.3 is 0 Å². The van der Waals surface area contributed by atoms with Gasteiger partial charge < -0.3 is 15.0 Å². The van der Waals surface area contributed by atoms with Crippen molar-refractivity contribution in [2.24, 2.45) is 5.92 Å². The van der Waals surface area contributed by atoms with Gasteiger partial charge in [-0.1, -0.05) is 0 Å². The smallest absolute Gasteiger partial charge is 0.239 e. The summed E-state index contributed by atoms with van der Waals surface area (Å²) in [4.78, 5) is 14.3. The number of likely N-dealkylation sites (tertiary alicyclic amines) is 1. The number of rotatable bonds is 4. The molecule has 17 heavy (non-hydrogen) atoms. The zero-order chi connectivity index (χ0) is 12.1. The van der Waals surface area contributed by atoms with E-state index in [1.165, 1.54) is 6.42 Å². The lowest BCUT2D eigenvalue weighted by atomic mass is 9.98. The zero-order valence-electron chi connectivity index (χ0n) is 10.8. The van der Waals surface area contributed by atoms with Crippen LogP contribution in [0.4, 0.5) is 0 Å². The van der Waals surface area contributed by atoms with Gasteiger partial charge in [0.15, 0.2) is 0 Å². The summed E-state index contributed by atoms with van der Waals surface area (Å²) in [6, 6.07) is 0.0841. The molecular formula is C13H24N2O2. The lowest BCUT2D eigenvalue weighted by Crippen LogP contribution is -2.48. The molecule has 2 heterocycles. The summed E-state index contributed by atoms with van der Waals surface area (Å²) in [6.45, 7) is 6.41. The molecule has 98 valence electrons. The van der Waals surface area contributed by atoms with E-state index in [4.69, 9.17) is 4.74 Å². The number of amides is 1. The van der Waals surface area contributed by atoms with Crippen LogP contribution in [0.2, 0.25) is 0 Å². The first-order chi connectivity index (χ1) is 8.31. The van der Waals surface area contributed by atoms with E-state index < -0.39 is 0 Å². The number of nitrogens with zero attached hydrogens (tertiary/aromatic N) is 1. The SMILES string of the molecule is CCOC[C@H]1CCCN(C(=O)[C@H]2CCCN2)C1. The molecule has 1 N–H and O–H groups in total. The molecule has 2 fully saturated rings. The van der Waals surface area contributed by atoms with Crippen LogP contribution in [0.15, 0.2) is 0 Å². The minimum absolute atomic E-state index is 0.0841. The Hall–Kier alpha value is -0.610. The first-order valence-electron chi connectivity index (χ1n) is 6.91. The highest BCUT2D eigenvalue weighted by atomic mass is 16.5. The fourth-order valence-electron chi connectivity index (χ4n) is 2.80. The van der Waals surface area contributed by atoms with Crippen LogP contribution in [-0.2, 0) is 9.53 Å². The first-order valence-corrected chi connectivity index (χ1v) is 6.91. The van der Waals surface area contributed by atoms with Gasteiger partial charge in [0.1, 0.15) is 0 Å². The molecule has 2 aliphatic rings. The van der Waals surface area contributed by atoms with Crippen molar-refractivity contribution >= 4 is 5.91 Å². The van der Waals surface area contributed by atoms with Crippen LogP contribution in [0.5, 0.6) is 0 Å². The Morgan fingerprint density at radius 3 is 3.00 bits per heavy atom. The summed E-state index contributed by atoms with van der Waals surface area (Å²) in [7, 11) is 0. The number of nitrogens with one attached hydrogen (secondary N) is 1. The van der Waals surface area contributed by atoms with Gasteiger partial charge in [0.2, 0.25) is 5.91 Å². The quantitative estimate of drug-likeness (QED) is 0.797. The zero-order valence-corrected chi connectivity index (χ0v) is 10.8. The van der Waals surface area contributed by atoms with E-state index in [0.717, 1.165) is 52.1 Å². The minimum Gasteiger partial charge on any atom is -0.381 e. The Labute approximate surface area is 104 Å². The van der Waals surface area contributed by atoms with Gasteiger partial charge in [-0.3, -0.25) is 4.79 Å². The topological polar surface area (TPSA) is 41.6 Å². The second kappa shape index (κ2) is 6.36. The molecule has 0 saturated carbocycles. The molecule has 0 aromatic heterocycles. The lowest BCUT2D eigenvalue weighted by molar-refractivity contribution is -0.135. The number of carbonyl (C=O) groups is 1. The van der Waals surface area contributed by atoms with Gasteiger partial charge in [-0.15, -0.1) is 0 Å². The van der Waals surface area contributed by atoms with Crippen molar-refractivity contribution in [2.75, 3.05) is 32.8 Å². The predicted octanol–water partition coefficient (Wildman–Crippen LogP) is 1.01. The lowest BCUT2D eigenvalue weighted by Gasteiger charge is -2.34. The molecule has 2 aliphatic heterocycles. The molecule has 0 bridgehead atoms. The van der Waals surface area contributed by atoms with Crippen LogP contribution in [0.1, 0.15) is 32.6 Å². The number of hydrogen-bond acceptors (Lipinski definition) is 3. The van der Waals surface area contributed by atoms with Crippen LogP contribution < -0.4 is 5.32 Å². The highest BCUT2D eigenvalue weighted by Gasteiger charge is 2.30. The van der Waals surface area contributed by atoms with E-state index >= 15 is 0 Å². The molecule has 0 radical (unpaired) electrons. The summed E-state index contributed by atoms with van der Waals surface area (Å²) < 4.78 is 5.47. The molecule has 0 spiro atoms. The Bertz CT molecular complexity index is 252. The second-order valence-corrected chi connectivity index (χ2v) is 5.10. The maximum atomic E-state index is 12.2. The van der Waals surface area contributed by atoms with E-state index in [1.807, 2.05) is 11.8 Å². The molecule has 4 heteroatoms. The maximum absolute atomic E-state index is 12.2. The highest BCUT2D eigenvalue weighted by molar-refractivity contribution is 5.82. The number of hydrogen-bond donors (Lipinski definition) is 1. The van der Waals surface area contributed by atoms with Crippen molar-refractivity contribution in [1.29, 1.82) is 0 Å². The van der Waals surface area contributed by atoms with Gasteiger partial charge in [0.05, 0.1) is 12.6 Å². The summed E-state index contributed by atoms with van der Waals surface area (Å²) in [6.07, 6.45) is 4.45. The third-order valence-electron chi connectivity index (χ3n) is 3.75. The molecule has 0 aliphatic carbocycles. The standard InChI is InChI=1S/C13H24N2O2/c1-2-17-10-11-5-4-8-15(9-11)13(16)12-6-3-7-14-12/h11-12,14H,2-10H2,1H3/t11-,12+/m0/s1. The summed E-state index contributed by atoms with van der Waals surface area (Å²) in [5.41, 5.74) is 0. The normalized spacial score (nSPS) is 29.6. The van der Waals surface area contributed by atoms with E-state index in [9.17, 15) is 4.79 Å². The molecule has 0 aromatic rings. The predicted molar refractivity (Wildman–Crippen MR) is 66.8 cm³/mol. The monoisotopic (exact) mass is 240 g/mol. The molecule has 0 unspecified atom stereocenters. The number of carbonyl (C=O) groups excluding carboxylic acids is 1. The van der Waals surface area contributed by atoms with Gasteiger partial charge in [-0.05, 0) is 45.1 Å². The van der Waals surface area contributed by atoms with E-state index in [2.05, 4.69) is 5.32 Å². The fraction of sp³-hybridized carbons (Fsp3) is 0.923. The Morgan fingerprint density at radius 2 is 2.29 bits per heavy atom. The number of ether oxygens (including phenoxy) is 1. The van der Waals surface area contributed by atoms with Crippen molar-refractivity contribution < 1.29 is 9.53 Å². The molecule has 1 amide bonds. The fourth-order valence-corrected chi connectivity index (χ4v) is 2.80. The second-order valence-electron chi connectivity index (χ2n) is 5.10. The third-order valence-corrected chi connectivity index (χ3v) is 3.75. The van der Waals surface area contributed by atoms with Crippen molar-refractivity contribution in [1.82, 2.24) is 10.2 Å².